The molecule has 2 aromatic rings. The van der Waals surface area contributed by atoms with Crippen LogP contribution in [-0.2, 0) is 0 Å². The standard InChI is InChI=1S/C22H26N2O7/c1-4-30-20-13-17(24(26)27)16(12-19(20)29-3)22(25)23-14-9-10-18(28-2)21(11-14)31-15-7-5-6-8-15/h9-13,15H,4-8H2,1-3H3,(H,23,25). The third-order valence-corrected chi connectivity index (χ3v) is 5.04. The minimum absolute atomic E-state index is 0.108. The molecule has 9 nitrogen and oxygen atoms in total. The minimum Gasteiger partial charge on any atom is -0.493 e. The molecule has 166 valence electrons. The normalized spacial score (nSPS) is 13.5. The van der Waals surface area contributed by atoms with Crippen molar-refractivity contribution in [2.24, 2.45) is 0 Å². The predicted octanol–water partition coefficient (Wildman–Crippen LogP) is 4.58. The molecule has 3 rings (SSSR count). The maximum Gasteiger partial charge on any atom is 0.286 e. The second kappa shape index (κ2) is 10.0. The molecular formula is C22H26N2O7. The van der Waals surface area contributed by atoms with Crippen molar-refractivity contribution in [1.82, 2.24) is 0 Å². The molecule has 1 saturated carbocycles. The van der Waals surface area contributed by atoms with Gasteiger partial charge in [0.2, 0.25) is 0 Å². The van der Waals surface area contributed by atoms with Gasteiger partial charge < -0.3 is 24.3 Å². The Balaban J connectivity index is 1.89. The van der Waals surface area contributed by atoms with Gasteiger partial charge in [0.05, 0.1) is 37.9 Å². The van der Waals surface area contributed by atoms with Gasteiger partial charge in [-0.1, -0.05) is 0 Å². The predicted molar refractivity (Wildman–Crippen MR) is 115 cm³/mol. The summed E-state index contributed by atoms with van der Waals surface area (Å²) in [4.78, 5) is 23.8. The van der Waals surface area contributed by atoms with Crippen LogP contribution in [0.2, 0.25) is 0 Å². The Labute approximate surface area is 180 Å². The van der Waals surface area contributed by atoms with Crippen LogP contribution in [0.5, 0.6) is 23.0 Å². The summed E-state index contributed by atoms with van der Waals surface area (Å²) in [6.07, 6.45) is 4.28. The summed E-state index contributed by atoms with van der Waals surface area (Å²) in [6, 6.07) is 7.49. The van der Waals surface area contributed by atoms with Crippen molar-refractivity contribution in [3.05, 3.63) is 46.0 Å². The van der Waals surface area contributed by atoms with Gasteiger partial charge in [-0.05, 0) is 44.7 Å². The summed E-state index contributed by atoms with van der Waals surface area (Å²) in [5.41, 5.74) is -0.0852. The first-order valence-corrected chi connectivity index (χ1v) is 10.1. The lowest BCUT2D eigenvalue weighted by Crippen LogP contribution is -2.15. The Hall–Kier alpha value is -3.49. The van der Waals surface area contributed by atoms with Gasteiger partial charge in [0.1, 0.15) is 5.56 Å². The molecule has 0 heterocycles. The zero-order valence-electron chi connectivity index (χ0n) is 17.8. The summed E-state index contributed by atoms with van der Waals surface area (Å²) in [5, 5.41) is 14.3. The summed E-state index contributed by atoms with van der Waals surface area (Å²) in [7, 11) is 2.95. The number of hydrogen-bond acceptors (Lipinski definition) is 7. The molecule has 0 saturated heterocycles. The highest BCUT2D eigenvalue weighted by molar-refractivity contribution is 6.07. The Kier molecular flexibility index (Phi) is 7.17. The van der Waals surface area contributed by atoms with Crippen LogP contribution in [0.3, 0.4) is 0 Å². The summed E-state index contributed by atoms with van der Waals surface area (Å²) in [6.45, 7) is 2.05. The molecule has 1 aliphatic carbocycles. The number of carbonyl (C=O) groups excluding carboxylic acids is 1. The van der Waals surface area contributed by atoms with Crippen molar-refractivity contribution in [3.8, 4) is 23.0 Å². The summed E-state index contributed by atoms with van der Waals surface area (Å²) in [5.74, 6) is 0.858. The second-order valence-electron chi connectivity index (χ2n) is 7.05. The number of rotatable bonds is 9. The smallest absolute Gasteiger partial charge is 0.286 e. The maximum absolute atomic E-state index is 12.9. The van der Waals surface area contributed by atoms with Gasteiger partial charge in [-0.15, -0.1) is 0 Å². The SMILES string of the molecule is CCOc1cc([N+](=O)[O-])c(C(=O)Nc2ccc(OC)c(OC3CCCC3)c2)cc1OC. The van der Waals surface area contributed by atoms with Crippen LogP contribution in [-0.4, -0.2) is 37.8 Å². The van der Waals surface area contributed by atoms with Gasteiger partial charge in [0, 0.05) is 17.8 Å². The zero-order chi connectivity index (χ0) is 22.4. The molecule has 0 unspecified atom stereocenters. The molecule has 0 spiro atoms. The topological polar surface area (TPSA) is 109 Å². The van der Waals surface area contributed by atoms with E-state index >= 15 is 0 Å². The monoisotopic (exact) mass is 430 g/mol. The van der Waals surface area contributed by atoms with Crippen LogP contribution in [0.1, 0.15) is 43.0 Å². The van der Waals surface area contributed by atoms with Crippen LogP contribution >= 0.6 is 0 Å². The largest absolute Gasteiger partial charge is 0.493 e. The van der Waals surface area contributed by atoms with E-state index in [1.54, 1.807) is 32.2 Å². The lowest BCUT2D eigenvalue weighted by atomic mass is 10.1. The first kappa shape index (κ1) is 22.2. The highest BCUT2D eigenvalue weighted by Crippen LogP contribution is 2.37. The fraction of sp³-hybridized carbons (Fsp3) is 0.409. The first-order chi connectivity index (χ1) is 15.0. The van der Waals surface area contributed by atoms with Crippen LogP contribution in [0.4, 0.5) is 11.4 Å². The van der Waals surface area contributed by atoms with E-state index in [0.717, 1.165) is 25.7 Å². The minimum atomic E-state index is -0.648. The van der Waals surface area contributed by atoms with Crippen molar-refractivity contribution in [1.29, 1.82) is 0 Å². The highest BCUT2D eigenvalue weighted by Gasteiger charge is 2.25. The molecule has 1 amide bonds. The molecule has 31 heavy (non-hydrogen) atoms. The highest BCUT2D eigenvalue weighted by atomic mass is 16.6. The van der Waals surface area contributed by atoms with E-state index in [1.807, 2.05) is 0 Å². The fourth-order valence-electron chi connectivity index (χ4n) is 3.54. The van der Waals surface area contributed by atoms with Crippen LogP contribution in [0.15, 0.2) is 30.3 Å². The van der Waals surface area contributed by atoms with Crippen molar-refractivity contribution in [2.75, 3.05) is 26.1 Å². The van der Waals surface area contributed by atoms with Crippen molar-refractivity contribution < 1.29 is 28.7 Å². The third-order valence-electron chi connectivity index (χ3n) is 5.04. The number of nitrogens with zero attached hydrogens (tertiary/aromatic N) is 1. The van der Waals surface area contributed by atoms with Gasteiger partial charge in [0.25, 0.3) is 11.6 Å². The van der Waals surface area contributed by atoms with E-state index in [1.165, 1.54) is 19.2 Å². The molecular weight excluding hydrogens is 404 g/mol. The van der Waals surface area contributed by atoms with E-state index < -0.39 is 10.8 Å². The van der Waals surface area contributed by atoms with E-state index in [2.05, 4.69) is 5.32 Å². The Bertz CT molecular complexity index is 955. The van der Waals surface area contributed by atoms with Gasteiger partial charge in [-0.2, -0.15) is 0 Å². The van der Waals surface area contributed by atoms with E-state index in [9.17, 15) is 14.9 Å². The second-order valence-corrected chi connectivity index (χ2v) is 7.05. The molecule has 1 fully saturated rings. The summed E-state index contributed by atoms with van der Waals surface area (Å²) < 4.78 is 22.0. The van der Waals surface area contributed by atoms with Crippen molar-refractivity contribution in [3.63, 3.8) is 0 Å². The van der Waals surface area contributed by atoms with Gasteiger partial charge in [-0.3, -0.25) is 14.9 Å². The third kappa shape index (κ3) is 5.17. The Morgan fingerprint density at radius 2 is 1.77 bits per heavy atom. The van der Waals surface area contributed by atoms with E-state index in [0.29, 0.717) is 23.8 Å². The number of anilines is 1. The number of nitro benzene ring substituents is 1. The lowest BCUT2D eigenvalue weighted by Gasteiger charge is -2.17. The quantitative estimate of drug-likeness (QED) is 0.458. The van der Waals surface area contributed by atoms with Gasteiger partial charge in [0.15, 0.2) is 23.0 Å². The van der Waals surface area contributed by atoms with Crippen molar-refractivity contribution >= 4 is 17.3 Å². The van der Waals surface area contributed by atoms with Crippen LogP contribution < -0.4 is 24.3 Å². The fourth-order valence-corrected chi connectivity index (χ4v) is 3.54. The average Bonchev–Trinajstić information content (AvgIpc) is 3.27. The number of methoxy groups -OCH3 is 2. The number of nitro groups is 1. The van der Waals surface area contributed by atoms with Gasteiger partial charge in [-0.25, -0.2) is 0 Å². The lowest BCUT2D eigenvalue weighted by molar-refractivity contribution is -0.385. The molecule has 0 atom stereocenters. The number of ether oxygens (including phenoxy) is 4. The maximum atomic E-state index is 12.9. The first-order valence-electron chi connectivity index (χ1n) is 10.1. The Morgan fingerprint density at radius 3 is 2.39 bits per heavy atom. The number of hydrogen-bond donors (Lipinski definition) is 1. The van der Waals surface area contributed by atoms with E-state index in [-0.39, 0.29) is 28.9 Å². The Morgan fingerprint density at radius 1 is 1.06 bits per heavy atom. The molecule has 2 aromatic carbocycles. The molecule has 9 heteroatoms. The van der Waals surface area contributed by atoms with Crippen LogP contribution in [0.25, 0.3) is 0 Å². The molecule has 1 aliphatic rings. The molecule has 0 bridgehead atoms. The van der Waals surface area contributed by atoms with E-state index in [4.69, 9.17) is 18.9 Å². The molecule has 0 aliphatic heterocycles. The van der Waals surface area contributed by atoms with Crippen LogP contribution in [0, 0.1) is 10.1 Å². The number of benzene rings is 2. The average molecular weight is 430 g/mol. The van der Waals surface area contributed by atoms with Crippen molar-refractivity contribution in [2.45, 2.75) is 38.7 Å². The number of carbonyl (C=O) groups is 1. The molecule has 1 N–H and O–H groups in total. The molecule has 0 aromatic heterocycles. The number of amides is 1. The molecule has 0 radical (unpaired) electrons. The number of nitrogens with one attached hydrogen (secondary N) is 1. The van der Waals surface area contributed by atoms with Gasteiger partial charge >= 0.3 is 0 Å². The zero-order valence-corrected chi connectivity index (χ0v) is 17.8. The summed E-state index contributed by atoms with van der Waals surface area (Å²) >= 11 is 0.